The third-order valence-electron chi connectivity index (χ3n) is 5.21. The van der Waals surface area contributed by atoms with Crippen LogP contribution in [-0.4, -0.2) is 5.91 Å². The predicted molar refractivity (Wildman–Crippen MR) is 99.2 cm³/mol. The topological polar surface area (TPSA) is 29.1 Å². The first kappa shape index (κ1) is 15.5. The van der Waals surface area contributed by atoms with Gasteiger partial charge < -0.3 is 5.32 Å². The molecule has 1 fully saturated rings. The number of benzene rings is 2. The van der Waals surface area contributed by atoms with Crippen LogP contribution in [0.5, 0.6) is 0 Å². The van der Waals surface area contributed by atoms with E-state index in [1.54, 1.807) is 0 Å². The molecule has 0 aromatic heterocycles. The van der Waals surface area contributed by atoms with Crippen molar-refractivity contribution in [2.75, 3.05) is 5.32 Å². The zero-order chi connectivity index (χ0) is 16.5. The van der Waals surface area contributed by atoms with Gasteiger partial charge in [-0.1, -0.05) is 48.0 Å². The van der Waals surface area contributed by atoms with Gasteiger partial charge in [0.15, 0.2) is 0 Å². The normalized spacial score (nSPS) is 24.7. The highest BCUT2D eigenvalue weighted by atomic mass is 35.5. The molecule has 2 nitrogen and oxygen atoms in total. The fourth-order valence-electron chi connectivity index (χ4n) is 3.91. The van der Waals surface area contributed by atoms with Crippen LogP contribution in [0.2, 0.25) is 5.02 Å². The van der Waals surface area contributed by atoms with Crippen LogP contribution < -0.4 is 5.32 Å². The van der Waals surface area contributed by atoms with Crippen molar-refractivity contribution in [2.45, 2.75) is 31.6 Å². The summed E-state index contributed by atoms with van der Waals surface area (Å²) in [6.45, 7) is 0. The van der Waals surface area contributed by atoms with E-state index >= 15 is 0 Å². The van der Waals surface area contributed by atoms with Crippen LogP contribution in [0.3, 0.4) is 0 Å². The van der Waals surface area contributed by atoms with E-state index in [2.05, 4.69) is 41.7 Å². The average Bonchev–Trinajstić information content (AvgIpc) is 2.92. The van der Waals surface area contributed by atoms with Crippen LogP contribution in [0.4, 0.5) is 5.69 Å². The Morgan fingerprint density at radius 1 is 1.00 bits per heavy atom. The Balaban J connectivity index is 1.50. The molecule has 2 aromatic rings. The van der Waals surface area contributed by atoms with Gasteiger partial charge in [0, 0.05) is 21.8 Å². The number of halogens is 1. The molecule has 3 heteroatoms. The van der Waals surface area contributed by atoms with Gasteiger partial charge >= 0.3 is 0 Å². The van der Waals surface area contributed by atoms with E-state index in [9.17, 15) is 4.79 Å². The summed E-state index contributed by atoms with van der Waals surface area (Å²) in [6.07, 6.45) is 6.79. The van der Waals surface area contributed by atoms with Crippen molar-refractivity contribution in [3.05, 3.63) is 70.8 Å². The predicted octanol–water partition coefficient (Wildman–Crippen LogP) is 5.65. The summed E-state index contributed by atoms with van der Waals surface area (Å²) in [5, 5.41) is 3.60. The number of nitrogens with one attached hydrogen (secondary N) is 1. The van der Waals surface area contributed by atoms with Crippen molar-refractivity contribution in [1.82, 2.24) is 0 Å². The fourth-order valence-corrected chi connectivity index (χ4v) is 4.08. The summed E-state index contributed by atoms with van der Waals surface area (Å²) in [5.41, 5.74) is 4.04. The number of allylic oxidation sites excluding steroid dienone is 1. The second-order valence-corrected chi connectivity index (χ2v) is 7.18. The molecule has 1 aliphatic heterocycles. The van der Waals surface area contributed by atoms with Gasteiger partial charge in [-0.05, 0) is 61.3 Å². The average molecular weight is 338 g/mol. The standard InChI is InChI=1S/C21H20ClNO/c22-17-10-11-20-18(13-17)19(21(24)23-20)12-14-6-8-16(9-7-14)15-4-2-1-3-5-15/h1-5,10-14,16H,6-9H2,(H,23,24). The second-order valence-electron chi connectivity index (χ2n) is 6.75. The molecule has 24 heavy (non-hydrogen) atoms. The minimum atomic E-state index is -0.00236. The van der Waals surface area contributed by atoms with Crippen LogP contribution in [0.15, 0.2) is 54.6 Å². The highest BCUT2D eigenvalue weighted by Gasteiger charge is 2.27. The lowest BCUT2D eigenvalue weighted by Crippen LogP contribution is -2.13. The molecular weight excluding hydrogens is 318 g/mol. The van der Waals surface area contributed by atoms with E-state index in [0.717, 1.165) is 29.7 Å². The molecular formula is C21H20ClNO. The van der Waals surface area contributed by atoms with E-state index in [0.29, 0.717) is 16.9 Å². The number of amides is 1. The number of hydrogen-bond acceptors (Lipinski definition) is 1. The molecule has 1 heterocycles. The monoisotopic (exact) mass is 337 g/mol. The number of carbonyl (C=O) groups excluding carboxylic acids is 1. The van der Waals surface area contributed by atoms with Crippen LogP contribution in [0, 0.1) is 5.92 Å². The summed E-state index contributed by atoms with van der Waals surface area (Å²) in [7, 11) is 0. The maximum absolute atomic E-state index is 12.3. The maximum atomic E-state index is 12.3. The van der Waals surface area contributed by atoms with Crippen LogP contribution in [0.1, 0.15) is 42.7 Å². The first-order chi connectivity index (χ1) is 11.7. The summed E-state index contributed by atoms with van der Waals surface area (Å²) < 4.78 is 0. The van der Waals surface area contributed by atoms with Gasteiger partial charge in [-0.3, -0.25) is 4.79 Å². The molecule has 0 bridgehead atoms. The van der Waals surface area contributed by atoms with Gasteiger partial charge in [-0.15, -0.1) is 0 Å². The Labute approximate surface area is 147 Å². The van der Waals surface area contributed by atoms with E-state index in [-0.39, 0.29) is 5.91 Å². The molecule has 1 amide bonds. The molecule has 1 aliphatic carbocycles. The lowest BCUT2D eigenvalue weighted by molar-refractivity contribution is -0.110. The summed E-state index contributed by atoms with van der Waals surface area (Å²) in [6, 6.07) is 16.3. The smallest absolute Gasteiger partial charge is 0.256 e. The Kier molecular flexibility index (Phi) is 4.15. The molecule has 1 saturated carbocycles. The third-order valence-corrected chi connectivity index (χ3v) is 5.44. The van der Waals surface area contributed by atoms with Gasteiger partial charge in [0.05, 0.1) is 0 Å². The number of carbonyl (C=O) groups is 1. The SMILES string of the molecule is O=C1Nc2ccc(Cl)cc2C1=CC1CCC(c2ccccc2)CC1. The van der Waals surface area contributed by atoms with Gasteiger partial charge in [0.2, 0.25) is 0 Å². The quantitative estimate of drug-likeness (QED) is 0.705. The second kappa shape index (κ2) is 6.45. The summed E-state index contributed by atoms with van der Waals surface area (Å²) >= 11 is 6.10. The molecule has 4 rings (SSSR count). The molecule has 1 N–H and O–H groups in total. The highest BCUT2D eigenvalue weighted by molar-refractivity contribution is 6.34. The number of hydrogen-bond donors (Lipinski definition) is 1. The first-order valence-corrected chi connectivity index (χ1v) is 8.96. The maximum Gasteiger partial charge on any atom is 0.256 e. The van der Waals surface area contributed by atoms with Crippen molar-refractivity contribution in [1.29, 1.82) is 0 Å². The van der Waals surface area contributed by atoms with Gasteiger partial charge in [0.25, 0.3) is 5.91 Å². The minimum Gasteiger partial charge on any atom is -0.321 e. The van der Waals surface area contributed by atoms with Crippen molar-refractivity contribution in [3.8, 4) is 0 Å². The number of fused-ring (bicyclic) bond motifs is 1. The van der Waals surface area contributed by atoms with Gasteiger partial charge in [-0.2, -0.15) is 0 Å². The van der Waals surface area contributed by atoms with Crippen molar-refractivity contribution < 1.29 is 4.79 Å². The Hall–Kier alpha value is -2.06. The van der Waals surface area contributed by atoms with Crippen LogP contribution in [-0.2, 0) is 4.79 Å². The third kappa shape index (κ3) is 2.99. The Bertz CT molecular complexity index is 789. The van der Waals surface area contributed by atoms with E-state index in [1.807, 2.05) is 18.2 Å². The van der Waals surface area contributed by atoms with E-state index in [4.69, 9.17) is 11.6 Å². The first-order valence-electron chi connectivity index (χ1n) is 8.59. The van der Waals surface area contributed by atoms with Crippen LogP contribution in [0.25, 0.3) is 5.57 Å². The van der Waals surface area contributed by atoms with Gasteiger partial charge in [-0.25, -0.2) is 0 Å². The van der Waals surface area contributed by atoms with Crippen LogP contribution >= 0.6 is 11.6 Å². The molecule has 0 radical (unpaired) electrons. The van der Waals surface area contributed by atoms with E-state index < -0.39 is 0 Å². The highest BCUT2D eigenvalue weighted by Crippen LogP contribution is 2.40. The van der Waals surface area contributed by atoms with E-state index in [1.165, 1.54) is 18.4 Å². The minimum absolute atomic E-state index is 0.00236. The fraction of sp³-hybridized carbons (Fsp3) is 0.286. The summed E-state index contributed by atoms with van der Waals surface area (Å²) in [5.74, 6) is 1.12. The molecule has 0 unspecified atom stereocenters. The lowest BCUT2D eigenvalue weighted by Gasteiger charge is -2.27. The number of rotatable bonds is 2. The van der Waals surface area contributed by atoms with Gasteiger partial charge in [0.1, 0.15) is 0 Å². The zero-order valence-corrected chi connectivity index (χ0v) is 14.2. The Morgan fingerprint density at radius 2 is 1.75 bits per heavy atom. The molecule has 2 aromatic carbocycles. The Morgan fingerprint density at radius 3 is 2.50 bits per heavy atom. The molecule has 2 aliphatic rings. The van der Waals surface area contributed by atoms with Crippen molar-refractivity contribution in [2.24, 2.45) is 5.92 Å². The van der Waals surface area contributed by atoms with Crippen molar-refractivity contribution >= 4 is 28.8 Å². The largest absolute Gasteiger partial charge is 0.321 e. The number of anilines is 1. The molecule has 0 atom stereocenters. The molecule has 122 valence electrons. The zero-order valence-electron chi connectivity index (χ0n) is 13.5. The van der Waals surface area contributed by atoms with Crippen molar-refractivity contribution in [3.63, 3.8) is 0 Å². The molecule has 0 saturated heterocycles. The summed E-state index contributed by atoms with van der Waals surface area (Å²) in [4.78, 5) is 12.3. The molecule has 0 spiro atoms. The lowest BCUT2D eigenvalue weighted by atomic mass is 9.78.